The van der Waals surface area contributed by atoms with Crippen LogP contribution >= 0.6 is 22.7 Å². The number of carbonyl (C=O) groups is 3. The fourth-order valence-electron chi connectivity index (χ4n) is 3.24. The van der Waals surface area contributed by atoms with Gasteiger partial charge in [-0.1, -0.05) is 41.7 Å². The molecule has 10 heteroatoms. The number of hydrogen-bond acceptors (Lipinski definition) is 8. The standard InChI is InChI=1S/C23H24N2O6S2/c1-4-30-22(28)20-19(16-8-6-5-7-9-16)15(3)33-21(20)24-17(26)12-31-18(27)10-11-25-14(2)13-32-23(25)29/h5-9,13H,4,10-12H2,1-3H3,(H,24,26). The van der Waals surface area contributed by atoms with Gasteiger partial charge in [-0.05, 0) is 26.3 Å². The monoisotopic (exact) mass is 488 g/mol. The van der Waals surface area contributed by atoms with Crippen molar-refractivity contribution in [2.24, 2.45) is 0 Å². The van der Waals surface area contributed by atoms with Gasteiger partial charge in [-0.25, -0.2) is 4.79 Å². The number of esters is 2. The van der Waals surface area contributed by atoms with Gasteiger partial charge in [0.1, 0.15) is 10.6 Å². The summed E-state index contributed by atoms with van der Waals surface area (Å²) in [5.74, 6) is -1.70. The Morgan fingerprint density at radius 1 is 1.09 bits per heavy atom. The van der Waals surface area contributed by atoms with Crippen LogP contribution in [-0.2, 0) is 25.6 Å². The Balaban J connectivity index is 1.68. The molecule has 2 heterocycles. The Kier molecular flexibility index (Phi) is 8.18. The summed E-state index contributed by atoms with van der Waals surface area (Å²) in [5.41, 5.74) is 2.57. The molecule has 0 aliphatic carbocycles. The SMILES string of the molecule is CCOC(=O)c1c(NC(=O)COC(=O)CCn2c(C)csc2=O)sc(C)c1-c1ccccc1. The van der Waals surface area contributed by atoms with Crippen LogP contribution in [0, 0.1) is 13.8 Å². The lowest BCUT2D eigenvalue weighted by Gasteiger charge is -2.10. The molecule has 0 saturated carbocycles. The number of aromatic nitrogens is 1. The highest BCUT2D eigenvalue weighted by atomic mass is 32.1. The van der Waals surface area contributed by atoms with E-state index >= 15 is 0 Å². The predicted octanol–water partition coefficient (Wildman–Crippen LogP) is 4.00. The van der Waals surface area contributed by atoms with Crippen molar-refractivity contribution in [3.63, 3.8) is 0 Å². The smallest absolute Gasteiger partial charge is 0.341 e. The minimum Gasteiger partial charge on any atom is -0.462 e. The topological polar surface area (TPSA) is 104 Å². The molecule has 0 bridgehead atoms. The van der Waals surface area contributed by atoms with Crippen molar-refractivity contribution >= 4 is 45.5 Å². The van der Waals surface area contributed by atoms with Gasteiger partial charge in [0.25, 0.3) is 5.91 Å². The summed E-state index contributed by atoms with van der Waals surface area (Å²) in [6, 6.07) is 9.37. The lowest BCUT2D eigenvalue weighted by molar-refractivity contribution is -0.147. The molecule has 3 aromatic rings. The van der Waals surface area contributed by atoms with Gasteiger partial charge in [0.15, 0.2) is 6.61 Å². The summed E-state index contributed by atoms with van der Waals surface area (Å²) >= 11 is 2.32. The zero-order chi connectivity index (χ0) is 24.0. The van der Waals surface area contributed by atoms with E-state index in [9.17, 15) is 19.2 Å². The summed E-state index contributed by atoms with van der Waals surface area (Å²) in [6.07, 6.45) is -0.0326. The van der Waals surface area contributed by atoms with Crippen LogP contribution in [0.1, 0.15) is 34.3 Å². The maximum Gasteiger partial charge on any atom is 0.341 e. The second-order valence-corrected chi connectivity index (χ2v) is 9.12. The molecule has 1 amide bonds. The molecule has 0 atom stereocenters. The highest BCUT2D eigenvalue weighted by Gasteiger charge is 2.25. The number of nitrogens with zero attached hydrogens (tertiary/aromatic N) is 1. The molecule has 33 heavy (non-hydrogen) atoms. The molecule has 0 spiro atoms. The molecule has 0 aliphatic heterocycles. The molecular formula is C23H24N2O6S2. The third-order valence-corrected chi connectivity index (χ3v) is 6.66. The van der Waals surface area contributed by atoms with Crippen LogP contribution in [0.5, 0.6) is 0 Å². The first-order valence-electron chi connectivity index (χ1n) is 10.3. The molecule has 0 unspecified atom stereocenters. The Hall–Kier alpha value is -3.24. The van der Waals surface area contributed by atoms with Gasteiger partial charge in [-0.2, -0.15) is 0 Å². The Morgan fingerprint density at radius 2 is 1.82 bits per heavy atom. The number of anilines is 1. The van der Waals surface area contributed by atoms with Crippen LogP contribution in [0.3, 0.4) is 0 Å². The molecule has 174 valence electrons. The van der Waals surface area contributed by atoms with E-state index < -0.39 is 24.5 Å². The Bertz CT molecular complexity index is 1210. The van der Waals surface area contributed by atoms with Gasteiger partial charge in [0, 0.05) is 28.1 Å². The molecular weight excluding hydrogens is 464 g/mol. The fraction of sp³-hybridized carbons (Fsp3) is 0.304. The molecule has 3 rings (SSSR count). The lowest BCUT2D eigenvalue weighted by Crippen LogP contribution is -2.23. The molecule has 1 N–H and O–H groups in total. The molecule has 0 radical (unpaired) electrons. The summed E-state index contributed by atoms with van der Waals surface area (Å²) < 4.78 is 11.7. The average Bonchev–Trinajstić information content (AvgIpc) is 3.29. The van der Waals surface area contributed by atoms with E-state index in [2.05, 4.69) is 5.32 Å². The normalized spacial score (nSPS) is 10.6. The number of ether oxygens (including phenoxy) is 2. The van der Waals surface area contributed by atoms with Crippen LogP contribution in [0.4, 0.5) is 5.00 Å². The summed E-state index contributed by atoms with van der Waals surface area (Å²) in [6.45, 7) is 5.23. The van der Waals surface area contributed by atoms with Crippen molar-refractivity contribution in [1.82, 2.24) is 4.57 Å². The number of hydrogen-bond donors (Lipinski definition) is 1. The van der Waals surface area contributed by atoms with Crippen molar-refractivity contribution in [1.29, 1.82) is 0 Å². The van der Waals surface area contributed by atoms with Crippen LogP contribution in [0.2, 0.25) is 0 Å². The highest BCUT2D eigenvalue weighted by Crippen LogP contribution is 2.40. The summed E-state index contributed by atoms with van der Waals surface area (Å²) in [5, 5.41) is 4.73. The third-order valence-electron chi connectivity index (χ3n) is 4.76. The molecule has 1 aromatic carbocycles. The highest BCUT2D eigenvalue weighted by molar-refractivity contribution is 7.17. The molecule has 0 fully saturated rings. The van der Waals surface area contributed by atoms with Gasteiger partial charge in [-0.3, -0.25) is 14.4 Å². The van der Waals surface area contributed by atoms with Crippen molar-refractivity contribution < 1.29 is 23.9 Å². The maximum atomic E-state index is 12.7. The lowest BCUT2D eigenvalue weighted by atomic mass is 10.0. The number of thiazole rings is 1. The van der Waals surface area contributed by atoms with Crippen molar-refractivity contribution in [2.45, 2.75) is 33.7 Å². The zero-order valence-electron chi connectivity index (χ0n) is 18.5. The molecule has 0 saturated heterocycles. The van der Waals surface area contributed by atoms with E-state index in [0.29, 0.717) is 10.6 Å². The molecule has 2 aromatic heterocycles. The predicted molar refractivity (Wildman–Crippen MR) is 128 cm³/mol. The van der Waals surface area contributed by atoms with Crippen LogP contribution in [0.15, 0.2) is 40.5 Å². The van der Waals surface area contributed by atoms with Gasteiger partial charge in [-0.15, -0.1) is 11.3 Å². The number of thiophene rings is 1. The van der Waals surface area contributed by atoms with Gasteiger partial charge in [0.05, 0.1) is 13.0 Å². The van der Waals surface area contributed by atoms with E-state index in [1.807, 2.05) is 37.3 Å². The fourth-order valence-corrected chi connectivity index (χ4v) is 5.08. The van der Waals surface area contributed by atoms with Crippen molar-refractivity contribution in [3.05, 3.63) is 61.5 Å². The molecule has 8 nitrogen and oxygen atoms in total. The summed E-state index contributed by atoms with van der Waals surface area (Å²) in [4.78, 5) is 49.6. The Labute approximate surface area is 198 Å². The number of nitrogens with one attached hydrogen (secondary N) is 1. The maximum absolute atomic E-state index is 12.7. The summed E-state index contributed by atoms with van der Waals surface area (Å²) in [7, 11) is 0. The largest absolute Gasteiger partial charge is 0.462 e. The minimum atomic E-state index is -0.597. The molecule has 0 aliphatic rings. The van der Waals surface area contributed by atoms with E-state index in [0.717, 1.165) is 27.5 Å². The number of carbonyl (C=O) groups excluding carboxylic acids is 3. The quantitative estimate of drug-likeness (QED) is 0.457. The Morgan fingerprint density at radius 3 is 2.45 bits per heavy atom. The average molecular weight is 489 g/mol. The van der Waals surface area contributed by atoms with Crippen molar-refractivity contribution in [2.75, 3.05) is 18.5 Å². The first-order valence-corrected chi connectivity index (χ1v) is 12.0. The third kappa shape index (κ3) is 5.96. The van der Waals surface area contributed by atoms with Crippen LogP contribution in [0.25, 0.3) is 11.1 Å². The minimum absolute atomic E-state index is 0.0326. The number of aryl methyl sites for hydroxylation is 2. The van der Waals surface area contributed by atoms with Crippen LogP contribution < -0.4 is 10.2 Å². The second kappa shape index (κ2) is 11.1. The first kappa shape index (κ1) is 24.4. The zero-order valence-corrected chi connectivity index (χ0v) is 20.1. The number of benzene rings is 1. The first-order chi connectivity index (χ1) is 15.8. The van der Waals surface area contributed by atoms with Gasteiger partial charge >= 0.3 is 16.8 Å². The number of amides is 1. The van der Waals surface area contributed by atoms with E-state index in [1.165, 1.54) is 15.9 Å². The van der Waals surface area contributed by atoms with E-state index in [4.69, 9.17) is 9.47 Å². The van der Waals surface area contributed by atoms with E-state index in [1.54, 1.807) is 19.2 Å². The van der Waals surface area contributed by atoms with Crippen LogP contribution in [-0.4, -0.2) is 35.6 Å². The van der Waals surface area contributed by atoms with Gasteiger partial charge in [0.2, 0.25) is 0 Å². The number of rotatable bonds is 9. The van der Waals surface area contributed by atoms with Gasteiger partial charge < -0.3 is 19.4 Å². The van der Waals surface area contributed by atoms with Crippen molar-refractivity contribution in [3.8, 4) is 11.1 Å². The second-order valence-electron chi connectivity index (χ2n) is 7.08. The van der Waals surface area contributed by atoms with E-state index in [-0.39, 0.29) is 30.0 Å².